The lowest BCUT2D eigenvalue weighted by atomic mass is 10.1. The van der Waals surface area contributed by atoms with E-state index >= 15 is 0 Å². The van der Waals surface area contributed by atoms with Gasteiger partial charge < -0.3 is 0 Å². The molecule has 0 aliphatic rings. The van der Waals surface area contributed by atoms with E-state index in [-0.39, 0.29) is 0 Å². The first kappa shape index (κ1) is 15.3. The molecule has 2 nitrogen and oxygen atoms in total. The lowest BCUT2D eigenvalue weighted by Gasteiger charge is -2.03. The Morgan fingerprint density at radius 3 is 2.33 bits per heavy atom. The van der Waals surface area contributed by atoms with Crippen LogP contribution in [0.4, 0.5) is 0 Å². The Morgan fingerprint density at radius 1 is 0.944 bits per heavy atom. The van der Waals surface area contributed by atoms with Crippen molar-refractivity contribution in [3.8, 4) is 0 Å². The van der Waals surface area contributed by atoms with Gasteiger partial charge in [0.05, 0.1) is 13.1 Å². The second kappa shape index (κ2) is 9.18. The number of hydrogen-bond acceptors (Lipinski definition) is 0. The van der Waals surface area contributed by atoms with Crippen LogP contribution >= 0.6 is 0 Å². The van der Waals surface area contributed by atoms with E-state index in [0.717, 1.165) is 6.42 Å². The molecule has 0 N–H and O–H groups in total. The minimum Gasteiger partial charge on any atom is -0.234 e. The van der Waals surface area contributed by atoms with Gasteiger partial charge in [-0.25, -0.2) is 9.13 Å². The Hall–Kier alpha value is -0.790. The van der Waals surface area contributed by atoms with E-state index in [1.165, 1.54) is 63.9 Å². The van der Waals surface area contributed by atoms with Crippen LogP contribution in [0.25, 0.3) is 0 Å². The summed E-state index contributed by atoms with van der Waals surface area (Å²) >= 11 is 0. The van der Waals surface area contributed by atoms with E-state index < -0.39 is 0 Å². The number of hydrogen-bond donors (Lipinski definition) is 0. The van der Waals surface area contributed by atoms with E-state index in [9.17, 15) is 0 Å². The number of imidazole rings is 1. The Morgan fingerprint density at radius 2 is 1.67 bits per heavy atom. The third-order valence-corrected chi connectivity index (χ3v) is 3.66. The molecule has 0 aliphatic carbocycles. The van der Waals surface area contributed by atoms with Crippen LogP contribution in [0.5, 0.6) is 0 Å². The van der Waals surface area contributed by atoms with Crippen molar-refractivity contribution in [2.75, 3.05) is 0 Å². The number of rotatable bonds is 10. The minimum atomic E-state index is 1.14. The standard InChI is InChI=1S/C16H31N2/c1-4-7-9-10-11-13-18-15-14-17(12-8-5-2)16(18)6-3/h14-15H,4-13H2,1-3H3/q+1. The monoisotopic (exact) mass is 251 g/mol. The van der Waals surface area contributed by atoms with Gasteiger partial charge in [-0.15, -0.1) is 0 Å². The molecule has 0 aromatic carbocycles. The minimum absolute atomic E-state index is 1.14. The van der Waals surface area contributed by atoms with Crippen molar-refractivity contribution in [2.45, 2.75) is 85.2 Å². The number of aryl methyl sites for hydroxylation is 2. The van der Waals surface area contributed by atoms with E-state index in [1.807, 2.05) is 0 Å². The molecule has 2 heteroatoms. The topological polar surface area (TPSA) is 8.81 Å². The fraction of sp³-hybridized carbons (Fsp3) is 0.812. The quantitative estimate of drug-likeness (QED) is 0.437. The van der Waals surface area contributed by atoms with Crippen LogP contribution in [-0.4, -0.2) is 4.57 Å². The molecule has 1 rings (SSSR count). The Balaban J connectivity index is 2.42. The highest BCUT2D eigenvalue weighted by Crippen LogP contribution is 2.04. The first-order chi connectivity index (χ1) is 8.83. The number of aromatic nitrogens is 2. The first-order valence-electron chi connectivity index (χ1n) is 7.90. The summed E-state index contributed by atoms with van der Waals surface area (Å²) in [7, 11) is 0. The summed E-state index contributed by atoms with van der Waals surface area (Å²) < 4.78 is 4.90. The van der Waals surface area contributed by atoms with Crippen LogP contribution in [-0.2, 0) is 19.5 Å². The average Bonchev–Trinajstić information content (AvgIpc) is 2.78. The van der Waals surface area contributed by atoms with Gasteiger partial charge in [0.2, 0.25) is 0 Å². The molecule has 0 atom stereocenters. The summed E-state index contributed by atoms with van der Waals surface area (Å²) in [4.78, 5) is 0. The van der Waals surface area contributed by atoms with Crippen molar-refractivity contribution in [2.24, 2.45) is 0 Å². The first-order valence-corrected chi connectivity index (χ1v) is 7.90. The van der Waals surface area contributed by atoms with Gasteiger partial charge in [0.15, 0.2) is 0 Å². The molecule has 0 fully saturated rings. The zero-order valence-electron chi connectivity index (χ0n) is 12.6. The molecule has 0 amide bonds. The van der Waals surface area contributed by atoms with Gasteiger partial charge in [-0.3, -0.25) is 0 Å². The van der Waals surface area contributed by atoms with Crippen molar-refractivity contribution in [1.82, 2.24) is 4.57 Å². The van der Waals surface area contributed by atoms with Gasteiger partial charge in [0.1, 0.15) is 12.4 Å². The van der Waals surface area contributed by atoms with Crippen molar-refractivity contribution < 1.29 is 4.57 Å². The molecule has 0 spiro atoms. The predicted molar refractivity (Wildman–Crippen MR) is 77.7 cm³/mol. The molecule has 1 heterocycles. The molecular formula is C16H31N2+. The molecule has 104 valence electrons. The largest absolute Gasteiger partial charge is 0.256 e. The van der Waals surface area contributed by atoms with Crippen LogP contribution < -0.4 is 4.57 Å². The summed E-state index contributed by atoms with van der Waals surface area (Å²) in [6.45, 7) is 9.19. The summed E-state index contributed by atoms with van der Waals surface area (Å²) in [5.74, 6) is 1.50. The summed E-state index contributed by atoms with van der Waals surface area (Å²) in [5, 5.41) is 0. The van der Waals surface area contributed by atoms with E-state index in [1.54, 1.807) is 0 Å². The molecule has 0 aliphatic heterocycles. The van der Waals surface area contributed by atoms with Crippen LogP contribution in [0.2, 0.25) is 0 Å². The van der Waals surface area contributed by atoms with Crippen molar-refractivity contribution in [1.29, 1.82) is 0 Å². The number of unbranched alkanes of at least 4 members (excludes halogenated alkanes) is 5. The Labute approximate surface area is 113 Å². The van der Waals surface area contributed by atoms with E-state index in [0.29, 0.717) is 0 Å². The van der Waals surface area contributed by atoms with E-state index in [2.05, 4.69) is 42.3 Å². The van der Waals surface area contributed by atoms with Gasteiger partial charge in [-0.1, -0.05) is 46.5 Å². The highest BCUT2D eigenvalue weighted by Gasteiger charge is 2.13. The molecular weight excluding hydrogens is 220 g/mol. The molecule has 0 saturated carbocycles. The van der Waals surface area contributed by atoms with Crippen LogP contribution in [0, 0.1) is 0 Å². The van der Waals surface area contributed by atoms with Crippen LogP contribution in [0.3, 0.4) is 0 Å². The average molecular weight is 251 g/mol. The van der Waals surface area contributed by atoms with Gasteiger partial charge in [0, 0.05) is 6.42 Å². The molecule has 0 saturated heterocycles. The van der Waals surface area contributed by atoms with E-state index in [4.69, 9.17) is 0 Å². The van der Waals surface area contributed by atoms with Crippen molar-refractivity contribution >= 4 is 0 Å². The molecule has 0 radical (unpaired) electrons. The van der Waals surface area contributed by atoms with Gasteiger partial charge >= 0.3 is 0 Å². The van der Waals surface area contributed by atoms with Gasteiger partial charge in [-0.05, 0) is 19.3 Å². The fourth-order valence-electron chi connectivity index (χ4n) is 2.53. The smallest absolute Gasteiger partial charge is 0.234 e. The Kier molecular flexibility index (Phi) is 7.79. The van der Waals surface area contributed by atoms with Crippen LogP contribution in [0.1, 0.15) is 71.5 Å². The Bertz CT molecular complexity index is 315. The second-order valence-corrected chi connectivity index (χ2v) is 5.22. The summed E-state index contributed by atoms with van der Waals surface area (Å²) in [6.07, 6.45) is 15.1. The van der Waals surface area contributed by atoms with Gasteiger partial charge in [0.25, 0.3) is 5.82 Å². The molecule has 0 bridgehead atoms. The van der Waals surface area contributed by atoms with Gasteiger partial charge in [-0.2, -0.15) is 0 Å². The zero-order valence-corrected chi connectivity index (χ0v) is 12.6. The molecule has 0 unspecified atom stereocenters. The zero-order chi connectivity index (χ0) is 13.2. The maximum Gasteiger partial charge on any atom is 0.256 e. The predicted octanol–water partition coefficient (Wildman–Crippen LogP) is 4.11. The third-order valence-electron chi connectivity index (χ3n) is 3.66. The maximum absolute atomic E-state index is 2.46. The fourth-order valence-corrected chi connectivity index (χ4v) is 2.53. The molecule has 1 aromatic heterocycles. The maximum atomic E-state index is 2.46. The highest BCUT2D eigenvalue weighted by molar-refractivity contribution is 4.82. The SMILES string of the molecule is CCCCCCC[n+]1ccn(CCCC)c1CC. The van der Waals surface area contributed by atoms with Crippen molar-refractivity contribution in [3.05, 3.63) is 18.2 Å². The number of nitrogens with zero attached hydrogens (tertiary/aromatic N) is 2. The highest BCUT2D eigenvalue weighted by atomic mass is 15.1. The summed E-state index contributed by atoms with van der Waals surface area (Å²) in [5.41, 5.74) is 0. The second-order valence-electron chi connectivity index (χ2n) is 5.22. The normalized spacial score (nSPS) is 11.1. The van der Waals surface area contributed by atoms with Crippen LogP contribution in [0.15, 0.2) is 12.4 Å². The lowest BCUT2D eigenvalue weighted by Crippen LogP contribution is -2.37. The molecule has 1 aromatic rings. The summed E-state index contributed by atoms with van der Waals surface area (Å²) in [6, 6.07) is 0. The van der Waals surface area contributed by atoms with Crippen molar-refractivity contribution in [3.63, 3.8) is 0 Å². The molecule has 18 heavy (non-hydrogen) atoms. The lowest BCUT2D eigenvalue weighted by molar-refractivity contribution is -0.704. The third kappa shape index (κ3) is 4.83.